The Kier molecular flexibility index (Phi) is 6.16. The van der Waals surface area contributed by atoms with Crippen LogP contribution in [0.15, 0.2) is 47.9 Å². The van der Waals surface area contributed by atoms with Crippen molar-refractivity contribution >= 4 is 17.2 Å². The van der Waals surface area contributed by atoms with E-state index in [9.17, 15) is 4.79 Å². The maximum absolute atomic E-state index is 11.8. The Morgan fingerprint density at radius 2 is 2.14 bits per heavy atom. The number of benzene rings is 1. The molecule has 21 heavy (non-hydrogen) atoms. The minimum Gasteiger partial charge on any atom is -0.355 e. The molecule has 0 saturated heterocycles. The third-order valence-electron chi connectivity index (χ3n) is 3.01. The number of nitrogens with one attached hydrogen (secondary N) is 1. The van der Waals surface area contributed by atoms with E-state index in [1.165, 1.54) is 5.56 Å². The quantitative estimate of drug-likeness (QED) is 0.629. The maximum Gasteiger partial charge on any atom is 0.226 e. The normalized spacial score (nSPS) is 10.9. The number of carbonyl (C=O) groups is 1. The fourth-order valence-corrected chi connectivity index (χ4v) is 2.80. The second kappa shape index (κ2) is 8.37. The molecule has 0 saturated carbocycles. The summed E-state index contributed by atoms with van der Waals surface area (Å²) in [5.74, 6) is 0.0380. The predicted molar refractivity (Wildman–Crippen MR) is 87.5 cm³/mol. The number of rotatable bonds is 7. The van der Waals surface area contributed by atoms with Crippen LogP contribution in [0.25, 0.3) is 0 Å². The standard InChI is InChI=1S/C17H20N2OS/c1-2-3-7-10-18-16(20)12-15-13-21-17(19-15)11-14-8-5-4-6-9-14/h2-6,8-9,13H,7,10-12H2,1H3,(H,18,20)/b3-2-. The highest BCUT2D eigenvalue weighted by molar-refractivity contribution is 7.09. The van der Waals surface area contributed by atoms with Crippen LogP contribution in [0.4, 0.5) is 0 Å². The van der Waals surface area contributed by atoms with Crippen molar-refractivity contribution in [2.45, 2.75) is 26.2 Å². The van der Waals surface area contributed by atoms with Crippen molar-refractivity contribution in [1.29, 1.82) is 0 Å². The molecule has 2 aromatic rings. The third kappa shape index (κ3) is 5.52. The lowest BCUT2D eigenvalue weighted by atomic mass is 10.2. The van der Waals surface area contributed by atoms with Gasteiger partial charge in [-0.1, -0.05) is 42.5 Å². The monoisotopic (exact) mass is 300 g/mol. The fourth-order valence-electron chi connectivity index (χ4n) is 1.97. The van der Waals surface area contributed by atoms with Crippen LogP contribution in [0, 0.1) is 0 Å². The SMILES string of the molecule is C/C=C\CCNC(=O)Cc1csc(Cc2ccccc2)n1. The van der Waals surface area contributed by atoms with Crippen LogP contribution < -0.4 is 5.32 Å². The molecule has 1 heterocycles. The van der Waals surface area contributed by atoms with Crippen LogP contribution in [0.5, 0.6) is 0 Å². The first-order valence-corrected chi connectivity index (χ1v) is 8.01. The molecule has 110 valence electrons. The number of amides is 1. The number of hydrogen-bond donors (Lipinski definition) is 1. The molecule has 1 N–H and O–H groups in total. The van der Waals surface area contributed by atoms with Crippen molar-refractivity contribution in [2.75, 3.05) is 6.54 Å². The molecule has 1 amide bonds. The van der Waals surface area contributed by atoms with E-state index in [1.54, 1.807) is 11.3 Å². The Labute approximate surface area is 129 Å². The van der Waals surface area contributed by atoms with E-state index in [2.05, 4.69) is 22.4 Å². The Bertz CT molecular complexity index is 590. The second-order valence-electron chi connectivity index (χ2n) is 4.78. The van der Waals surface area contributed by atoms with Gasteiger partial charge >= 0.3 is 0 Å². The van der Waals surface area contributed by atoms with Crippen molar-refractivity contribution in [1.82, 2.24) is 10.3 Å². The lowest BCUT2D eigenvalue weighted by Gasteiger charge is -2.01. The highest BCUT2D eigenvalue weighted by Crippen LogP contribution is 2.15. The smallest absolute Gasteiger partial charge is 0.226 e. The fraction of sp³-hybridized carbons (Fsp3) is 0.294. The van der Waals surface area contributed by atoms with Crippen LogP contribution in [-0.2, 0) is 17.6 Å². The molecule has 0 unspecified atom stereocenters. The van der Waals surface area contributed by atoms with Gasteiger partial charge in [-0.3, -0.25) is 4.79 Å². The van der Waals surface area contributed by atoms with Gasteiger partial charge in [-0.25, -0.2) is 4.98 Å². The summed E-state index contributed by atoms with van der Waals surface area (Å²) in [6, 6.07) is 10.3. The number of carbonyl (C=O) groups excluding carboxylic acids is 1. The molecule has 0 atom stereocenters. The zero-order valence-electron chi connectivity index (χ0n) is 12.2. The van der Waals surface area contributed by atoms with Gasteiger partial charge in [-0.2, -0.15) is 0 Å². The third-order valence-corrected chi connectivity index (χ3v) is 3.91. The number of nitrogens with zero attached hydrogens (tertiary/aromatic N) is 1. The molecule has 0 bridgehead atoms. The average Bonchev–Trinajstić information content (AvgIpc) is 2.92. The number of thiazole rings is 1. The summed E-state index contributed by atoms with van der Waals surface area (Å²) in [6.07, 6.45) is 6.09. The van der Waals surface area contributed by atoms with Gasteiger partial charge in [0.2, 0.25) is 5.91 Å². The van der Waals surface area contributed by atoms with Crippen LogP contribution in [-0.4, -0.2) is 17.4 Å². The molecule has 0 aliphatic rings. The van der Waals surface area contributed by atoms with Gasteiger partial charge in [-0.05, 0) is 18.9 Å². The Balaban J connectivity index is 1.81. The number of hydrogen-bond acceptors (Lipinski definition) is 3. The molecule has 0 aliphatic heterocycles. The minimum atomic E-state index is 0.0380. The molecule has 1 aromatic heterocycles. The average molecular weight is 300 g/mol. The minimum absolute atomic E-state index is 0.0380. The van der Waals surface area contributed by atoms with Crippen LogP contribution in [0.1, 0.15) is 29.6 Å². The lowest BCUT2D eigenvalue weighted by molar-refractivity contribution is -0.120. The number of aromatic nitrogens is 1. The summed E-state index contributed by atoms with van der Waals surface area (Å²) < 4.78 is 0. The maximum atomic E-state index is 11.8. The van der Waals surface area contributed by atoms with E-state index in [0.29, 0.717) is 13.0 Å². The van der Waals surface area contributed by atoms with Crippen LogP contribution in [0.3, 0.4) is 0 Å². The van der Waals surface area contributed by atoms with Crippen molar-refractivity contribution in [3.8, 4) is 0 Å². The first kappa shape index (κ1) is 15.4. The van der Waals surface area contributed by atoms with Gasteiger partial charge in [0.05, 0.1) is 17.1 Å². The van der Waals surface area contributed by atoms with E-state index in [0.717, 1.165) is 23.5 Å². The van der Waals surface area contributed by atoms with E-state index < -0.39 is 0 Å². The summed E-state index contributed by atoms with van der Waals surface area (Å²) in [5, 5.41) is 5.93. The van der Waals surface area contributed by atoms with E-state index in [-0.39, 0.29) is 5.91 Å². The van der Waals surface area contributed by atoms with Gasteiger partial charge in [0.15, 0.2) is 0 Å². The molecule has 0 spiro atoms. The van der Waals surface area contributed by atoms with Crippen LogP contribution >= 0.6 is 11.3 Å². The van der Waals surface area contributed by atoms with E-state index >= 15 is 0 Å². The van der Waals surface area contributed by atoms with Gasteiger partial charge in [0.1, 0.15) is 0 Å². The molecule has 1 aromatic carbocycles. The van der Waals surface area contributed by atoms with E-state index in [1.807, 2.05) is 42.7 Å². The zero-order valence-corrected chi connectivity index (χ0v) is 13.0. The van der Waals surface area contributed by atoms with E-state index in [4.69, 9.17) is 0 Å². The molecular formula is C17H20N2OS. The summed E-state index contributed by atoms with van der Waals surface area (Å²) in [6.45, 7) is 2.66. The van der Waals surface area contributed by atoms with Gasteiger partial charge in [0.25, 0.3) is 0 Å². The molecule has 2 rings (SSSR count). The van der Waals surface area contributed by atoms with Gasteiger partial charge < -0.3 is 5.32 Å². The van der Waals surface area contributed by atoms with Crippen molar-refractivity contribution < 1.29 is 4.79 Å². The Morgan fingerprint density at radius 1 is 1.33 bits per heavy atom. The van der Waals surface area contributed by atoms with Gasteiger partial charge in [0, 0.05) is 18.3 Å². The lowest BCUT2D eigenvalue weighted by Crippen LogP contribution is -2.25. The Morgan fingerprint density at radius 3 is 2.90 bits per heavy atom. The molecular weight excluding hydrogens is 280 g/mol. The molecule has 0 fully saturated rings. The summed E-state index contributed by atoms with van der Waals surface area (Å²) in [4.78, 5) is 16.3. The summed E-state index contributed by atoms with van der Waals surface area (Å²) in [5.41, 5.74) is 2.10. The first-order valence-electron chi connectivity index (χ1n) is 7.13. The predicted octanol–water partition coefficient (Wildman–Crippen LogP) is 3.36. The first-order chi connectivity index (χ1) is 10.3. The molecule has 0 aliphatic carbocycles. The summed E-state index contributed by atoms with van der Waals surface area (Å²) in [7, 11) is 0. The van der Waals surface area contributed by atoms with Gasteiger partial charge in [-0.15, -0.1) is 11.3 Å². The summed E-state index contributed by atoms with van der Waals surface area (Å²) >= 11 is 1.62. The molecule has 3 nitrogen and oxygen atoms in total. The highest BCUT2D eigenvalue weighted by Gasteiger charge is 2.07. The molecule has 4 heteroatoms. The second-order valence-corrected chi connectivity index (χ2v) is 5.72. The van der Waals surface area contributed by atoms with Crippen molar-refractivity contribution in [3.05, 3.63) is 64.1 Å². The van der Waals surface area contributed by atoms with Crippen LogP contribution in [0.2, 0.25) is 0 Å². The largest absolute Gasteiger partial charge is 0.355 e. The number of allylic oxidation sites excluding steroid dienone is 1. The van der Waals surface area contributed by atoms with Crippen molar-refractivity contribution in [2.24, 2.45) is 0 Å². The Hall–Kier alpha value is -1.94. The molecule has 0 radical (unpaired) electrons. The topological polar surface area (TPSA) is 42.0 Å². The zero-order chi connectivity index (χ0) is 14.9. The van der Waals surface area contributed by atoms with Crippen molar-refractivity contribution in [3.63, 3.8) is 0 Å². The highest BCUT2D eigenvalue weighted by atomic mass is 32.1.